The lowest BCUT2D eigenvalue weighted by atomic mass is 10.0. The zero-order valence-corrected chi connectivity index (χ0v) is 12.2. The first kappa shape index (κ1) is 13.1. The Morgan fingerprint density at radius 1 is 1.21 bits per heavy atom. The van der Waals surface area contributed by atoms with Crippen molar-refractivity contribution < 1.29 is 0 Å². The molecule has 2 aliphatic rings. The van der Waals surface area contributed by atoms with E-state index in [1.165, 1.54) is 49.9 Å². The molecule has 19 heavy (non-hydrogen) atoms. The third-order valence-electron chi connectivity index (χ3n) is 4.67. The van der Waals surface area contributed by atoms with Crippen LogP contribution >= 0.6 is 0 Å². The van der Waals surface area contributed by atoms with Crippen LogP contribution in [0, 0.1) is 6.92 Å². The fraction of sp³-hybridized carbons (Fsp3) is 0.647. The number of rotatable bonds is 5. The smallest absolute Gasteiger partial charge is 0.0323 e. The van der Waals surface area contributed by atoms with Crippen molar-refractivity contribution in [3.8, 4) is 0 Å². The summed E-state index contributed by atoms with van der Waals surface area (Å²) in [6.45, 7) is 6.97. The van der Waals surface area contributed by atoms with E-state index in [1.54, 1.807) is 0 Å². The lowest BCUT2D eigenvalue weighted by Crippen LogP contribution is -2.40. The normalized spacial score (nSPS) is 24.9. The summed E-state index contributed by atoms with van der Waals surface area (Å²) >= 11 is 0. The lowest BCUT2D eigenvalue weighted by Gasteiger charge is -2.32. The zero-order valence-electron chi connectivity index (χ0n) is 12.2. The summed E-state index contributed by atoms with van der Waals surface area (Å²) in [5.74, 6) is 0. The van der Waals surface area contributed by atoms with Gasteiger partial charge in [0.2, 0.25) is 0 Å². The van der Waals surface area contributed by atoms with E-state index in [0.717, 1.165) is 6.04 Å². The average molecular weight is 258 g/mol. The molecule has 1 aromatic rings. The fourth-order valence-corrected chi connectivity index (χ4v) is 3.23. The fourth-order valence-electron chi connectivity index (χ4n) is 3.23. The highest BCUT2D eigenvalue weighted by molar-refractivity contribution is 5.24. The van der Waals surface area contributed by atoms with E-state index in [0.29, 0.717) is 12.1 Å². The highest BCUT2D eigenvalue weighted by Gasteiger charge is 2.34. The number of aryl methyl sites for hydroxylation is 1. The summed E-state index contributed by atoms with van der Waals surface area (Å²) < 4.78 is 0. The van der Waals surface area contributed by atoms with Gasteiger partial charge in [-0.1, -0.05) is 29.8 Å². The van der Waals surface area contributed by atoms with Gasteiger partial charge < -0.3 is 5.32 Å². The topological polar surface area (TPSA) is 15.3 Å². The van der Waals surface area contributed by atoms with Crippen LogP contribution in [0.1, 0.15) is 49.8 Å². The molecular weight excluding hydrogens is 232 g/mol. The van der Waals surface area contributed by atoms with Crippen LogP contribution in [0.4, 0.5) is 0 Å². The second-order valence-electron chi connectivity index (χ2n) is 6.31. The van der Waals surface area contributed by atoms with Crippen LogP contribution < -0.4 is 5.32 Å². The van der Waals surface area contributed by atoms with E-state index in [2.05, 4.69) is 48.3 Å². The van der Waals surface area contributed by atoms with Crippen LogP contribution in [0.15, 0.2) is 24.3 Å². The van der Waals surface area contributed by atoms with Gasteiger partial charge in [-0.3, -0.25) is 4.90 Å². The molecule has 1 saturated heterocycles. The van der Waals surface area contributed by atoms with E-state index in [1.807, 2.05) is 0 Å². The summed E-state index contributed by atoms with van der Waals surface area (Å²) in [6, 6.07) is 11.2. The maximum absolute atomic E-state index is 3.64. The molecule has 3 rings (SSSR count). The van der Waals surface area contributed by atoms with E-state index in [4.69, 9.17) is 0 Å². The Balaban J connectivity index is 1.69. The highest BCUT2D eigenvalue weighted by atomic mass is 15.2. The molecule has 1 heterocycles. The number of nitrogens with zero attached hydrogens (tertiary/aromatic N) is 1. The van der Waals surface area contributed by atoms with Gasteiger partial charge in [0, 0.05) is 24.7 Å². The second-order valence-corrected chi connectivity index (χ2v) is 6.31. The Morgan fingerprint density at radius 2 is 1.95 bits per heavy atom. The maximum atomic E-state index is 3.64. The molecule has 1 aliphatic heterocycles. The highest BCUT2D eigenvalue weighted by Crippen LogP contribution is 2.34. The van der Waals surface area contributed by atoms with Crippen molar-refractivity contribution in [1.82, 2.24) is 10.2 Å². The standard InChI is InChI=1S/C17H26N2/c1-13-5-7-15(8-6-13)14(2)19(17-9-10-17)12-16-4-3-11-18-16/h5-8,14,16-18H,3-4,9-12H2,1-2H3. The van der Waals surface area contributed by atoms with Gasteiger partial charge in [-0.05, 0) is 51.6 Å². The van der Waals surface area contributed by atoms with Crippen molar-refractivity contribution in [2.45, 2.75) is 57.7 Å². The van der Waals surface area contributed by atoms with E-state index in [-0.39, 0.29) is 0 Å². The van der Waals surface area contributed by atoms with Crippen LogP contribution in [0.3, 0.4) is 0 Å². The van der Waals surface area contributed by atoms with Crippen LogP contribution in [0.25, 0.3) is 0 Å². The molecule has 2 nitrogen and oxygen atoms in total. The molecule has 0 amide bonds. The molecule has 2 fully saturated rings. The van der Waals surface area contributed by atoms with Crippen molar-refractivity contribution >= 4 is 0 Å². The molecule has 1 N–H and O–H groups in total. The third kappa shape index (κ3) is 3.18. The second kappa shape index (κ2) is 5.64. The van der Waals surface area contributed by atoms with E-state index < -0.39 is 0 Å². The van der Waals surface area contributed by atoms with Gasteiger partial charge in [-0.2, -0.15) is 0 Å². The first-order chi connectivity index (χ1) is 9.24. The van der Waals surface area contributed by atoms with Crippen molar-refractivity contribution in [1.29, 1.82) is 0 Å². The molecule has 2 atom stereocenters. The molecule has 0 bridgehead atoms. The first-order valence-corrected chi connectivity index (χ1v) is 7.80. The monoisotopic (exact) mass is 258 g/mol. The summed E-state index contributed by atoms with van der Waals surface area (Å²) in [7, 11) is 0. The van der Waals surface area contributed by atoms with Crippen molar-refractivity contribution in [2.75, 3.05) is 13.1 Å². The number of hydrogen-bond donors (Lipinski definition) is 1. The summed E-state index contributed by atoms with van der Waals surface area (Å²) in [5.41, 5.74) is 2.82. The van der Waals surface area contributed by atoms with Gasteiger partial charge in [0.15, 0.2) is 0 Å². The minimum absolute atomic E-state index is 0.551. The quantitative estimate of drug-likeness (QED) is 0.872. The van der Waals surface area contributed by atoms with Crippen molar-refractivity contribution in [2.24, 2.45) is 0 Å². The van der Waals surface area contributed by atoms with Crippen molar-refractivity contribution in [3.05, 3.63) is 35.4 Å². The lowest BCUT2D eigenvalue weighted by molar-refractivity contribution is 0.182. The molecule has 0 radical (unpaired) electrons. The predicted octanol–water partition coefficient (Wildman–Crippen LogP) is 3.27. The Hall–Kier alpha value is -0.860. The van der Waals surface area contributed by atoms with Gasteiger partial charge in [-0.15, -0.1) is 0 Å². The number of hydrogen-bond acceptors (Lipinski definition) is 2. The van der Waals surface area contributed by atoms with Gasteiger partial charge in [0.1, 0.15) is 0 Å². The predicted molar refractivity (Wildman–Crippen MR) is 80.3 cm³/mol. The zero-order chi connectivity index (χ0) is 13.2. The SMILES string of the molecule is Cc1ccc(C(C)N(CC2CCCN2)C2CC2)cc1. The molecule has 1 saturated carbocycles. The summed E-state index contributed by atoms with van der Waals surface area (Å²) in [4.78, 5) is 2.73. The molecule has 2 unspecified atom stereocenters. The van der Waals surface area contributed by atoms with Gasteiger partial charge >= 0.3 is 0 Å². The molecule has 1 aromatic carbocycles. The summed E-state index contributed by atoms with van der Waals surface area (Å²) in [6.07, 6.45) is 5.48. The number of benzene rings is 1. The summed E-state index contributed by atoms with van der Waals surface area (Å²) in [5, 5.41) is 3.64. The largest absolute Gasteiger partial charge is 0.313 e. The first-order valence-electron chi connectivity index (χ1n) is 7.80. The van der Waals surface area contributed by atoms with Gasteiger partial charge in [0.25, 0.3) is 0 Å². The molecule has 104 valence electrons. The Bertz CT molecular complexity index is 402. The minimum Gasteiger partial charge on any atom is -0.313 e. The van der Waals surface area contributed by atoms with Crippen LogP contribution in [0.5, 0.6) is 0 Å². The molecular formula is C17H26N2. The minimum atomic E-state index is 0.551. The van der Waals surface area contributed by atoms with Gasteiger partial charge in [0.05, 0.1) is 0 Å². The average Bonchev–Trinajstić information content (AvgIpc) is 3.13. The Labute approximate surface area is 117 Å². The Kier molecular flexibility index (Phi) is 3.90. The molecule has 2 heteroatoms. The van der Waals surface area contributed by atoms with Crippen LogP contribution in [-0.4, -0.2) is 30.1 Å². The van der Waals surface area contributed by atoms with Crippen molar-refractivity contribution in [3.63, 3.8) is 0 Å². The van der Waals surface area contributed by atoms with Crippen LogP contribution in [0.2, 0.25) is 0 Å². The van der Waals surface area contributed by atoms with E-state index >= 15 is 0 Å². The molecule has 1 aliphatic carbocycles. The maximum Gasteiger partial charge on any atom is 0.0323 e. The number of nitrogens with one attached hydrogen (secondary N) is 1. The van der Waals surface area contributed by atoms with E-state index in [9.17, 15) is 0 Å². The molecule has 0 aromatic heterocycles. The van der Waals surface area contributed by atoms with Crippen LogP contribution in [-0.2, 0) is 0 Å². The Morgan fingerprint density at radius 3 is 2.53 bits per heavy atom. The third-order valence-corrected chi connectivity index (χ3v) is 4.67. The van der Waals surface area contributed by atoms with Gasteiger partial charge in [-0.25, -0.2) is 0 Å². The molecule has 0 spiro atoms.